The fourth-order valence-corrected chi connectivity index (χ4v) is 7.95. The molecule has 0 heterocycles. The van der Waals surface area contributed by atoms with Gasteiger partial charge in [-0.2, -0.15) is 0 Å². The highest BCUT2D eigenvalue weighted by atomic mass is 16.5. The van der Waals surface area contributed by atoms with Gasteiger partial charge < -0.3 is 9.84 Å². The van der Waals surface area contributed by atoms with Crippen LogP contribution in [0.5, 0.6) is 0 Å². The van der Waals surface area contributed by atoms with E-state index in [9.17, 15) is 14.7 Å². The maximum atomic E-state index is 12.2. The smallest absolute Gasteiger partial charge is 0.309 e. The van der Waals surface area contributed by atoms with E-state index in [2.05, 4.69) is 13.5 Å². The van der Waals surface area contributed by atoms with Crippen LogP contribution in [-0.4, -0.2) is 23.1 Å². The van der Waals surface area contributed by atoms with E-state index in [0.29, 0.717) is 11.8 Å². The number of ether oxygens (including phenoxy) is 1. The summed E-state index contributed by atoms with van der Waals surface area (Å²) < 4.78 is 5.87. The maximum Gasteiger partial charge on any atom is 0.309 e. The molecule has 4 aliphatic carbocycles. The molecule has 144 valence electrons. The molecule has 4 saturated carbocycles. The Bertz CT molecular complexity index is 669. The summed E-state index contributed by atoms with van der Waals surface area (Å²) in [7, 11) is 0. The molecule has 4 heteroatoms. The molecule has 7 atom stereocenters. The molecule has 4 rings (SSSR count). The third kappa shape index (κ3) is 2.13. The molecule has 1 N–H and O–H groups in total. The van der Waals surface area contributed by atoms with Gasteiger partial charge in [0.25, 0.3) is 0 Å². The van der Waals surface area contributed by atoms with Gasteiger partial charge in [0.2, 0.25) is 0 Å². The normalized spacial score (nSPS) is 49.9. The van der Waals surface area contributed by atoms with Crippen LogP contribution in [-0.2, 0) is 14.3 Å². The van der Waals surface area contributed by atoms with Crippen molar-refractivity contribution in [1.29, 1.82) is 0 Å². The molecule has 0 amide bonds. The first-order valence-electron chi connectivity index (χ1n) is 10.2. The van der Waals surface area contributed by atoms with Crippen molar-refractivity contribution in [3.05, 3.63) is 12.2 Å². The van der Waals surface area contributed by atoms with Gasteiger partial charge in [-0.15, -0.1) is 0 Å². The zero-order valence-corrected chi connectivity index (χ0v) is 16.3. The standard InChI is InChI=1S/C22H32O4/c1-13-15-6-7-17-20(3)9-5-10-21(4,19(24)25)16(20)8-11-22(17,12-15)18(13)26-14(2)23/h15-18H,1,5-12H2,2-4H3,(H,24,25)/t15-,16+,17+,18+,20+,21-,22-/m1/s1. The van der Waals surface area contributed by atoms with Crippen molar-refractivity contribution in [1.82, 2.24) is 0 Å². The minimum absolute atomic E-state index is 0.0115. The fourth-order valence-electron chi connectivity index (χ4n) is 7.95. The van der Waals surface area contributed by atoms with Crippen molar-refractivity contribution >= 4 is 11.9 Å². The van der Waals surface area contributed by atoms with Crippen LogP contribution in [0.3, 0.4) is 0 Å². The molecule has 1 spiro atoms. The minimum atomic E-state index is -0.634. The third-order valence-electron chi connectivity index (χ3n) is 8.95. The first-order chi connectivity index (χ1) is 12.1. The summed E-state index contributed by atoms with van der Waals surface area (Å²) in [4.78, 5) is 24.0. The lowest BCUT2D eigenvalue weighted by atomic mass is 9.40. The van der Waals surface area contributed by atoms with Gasteiger partial charge in [0.15, 0.2) is 0 Å². The van der Waals surface area contributed by atoms with E-state index in [0.717, 1.165) is 56.9 Å². The second-order valence-corrected chi connectivity index (χ2v) is 10.0. The molecular formula is C22H32O4. The Morgan fingerprint density at radius 3 is 2.50 bits per heavy atom. The van der Waals surface area contributed by atoms with E-state index >= 15 is 0 Å². The highest BCUT2D eigenvalue weighted by Gasteiger charge is 2.68. The molecule has 2 bridgehead atoms. The van der Waals surface area contributed by atoms with Crippen molar-refractivity contribution in [2.24, 2.45) is 34.0 Å². The topological polar surface area (TPSA) is 63.6 Å². The number of rotatable bonds is 2. The van der Waals surface area contributed by atoms with E-state index in [1.165, 1.54) is 6.92 Å². The number of aliphatic carboxylic acids is 1. The first-order valence-corrected chi connectivity index (χ1v) is 10.2. The van der Waals surface area contributed by atoms with Crippen LogP contribution in [0.1, 0.15) is 72.1 Å². The summed E-state index contributed by atoms with van der Waals surface area (Å²) in [5.41, 5.74) is 0.477. The Labute approximate surface area is 156 Å². The Morgan fingerprint density at radius 1 is 1.12 bits per heavy atom. The molecule has 0 aromatic carbocycles. The number of hydrogen-bond donors (Lipinski definition) is 1. The van der Waals surface area contributed by atoms with Crippen LogP contribution < -0.4 is 0 Å². The number of hydrogen-bond acceptors (Lipinski definition) is 3. The maximum absolute atomic E-state index is 12.2. The third-order valence-corrected chi connectivity index (χ3v) is 8.95. The van der Waals surface area contributed by atoms with E-state index < -0.39 is 11.4 Å². The van der Waals surface area contributed by atoms with Gasteiger partial charge in [0.1, 0.15) is 6.10 Å². The number of carboxylic acids is 1. The summed E-state index contributed by atoms with van der Waals surface area (Å²) in [6.45, 7) is 10.1. The van der Waals surface area contributed by atoms with E-state index in [4.69, 9.17) is 4.74 Å². The summed E-state index contributed by atoms with van der Waals surface area (Å²) >= 11 is 0. The van der Waals surface area contributed by atoms with Gasteiger partial charge in [0, 0.05) is 12.3 Å². The number of esters is 1. The van der Waals surface area contributed by atoms with Crippen LogP contribution in [0.4, 0.5) is 0 Å². The van der Waals surface area contributed by atoms with Crippen molar-refractivity contribution < 1.29 is 19.4 Å². The molecule has 0 unspecified atom stereocenters. The van der Waals surface area contributed by atoms with Gasteiger partial charge in [-0.05, 0) is 80.6 Å². The number of carboxylic acid groups (broad SMARTS) is 1. The summed E-state index contributed by atoms with van der Waals surface area (Å²) in [5.74, 6) is 0.242. The van der Waals surface area contributed by atoms with Crippen molar-refractivity contribution in [2.45, 2.75) is 78.2 Å². The largest absolute Gasteiger partial charge is 0.481 e. The quantitative estimate of drug-likeness (QED) is 0.578. The van der Waals surface area contributed by atoms with Gasteiger partial charge in [-0.25, -0.2) is 0 Å². The molecular weight excluding hydrogens is 328 g/mol. The van der Waals surface area contributed by atoms with Gasteiger partial charge in [-0.1, -0.05) is 19.9 Å². The monoisotopic (exact) mass is 360 g/mol. The number of carbonyl (C=O) groups is 2. The number of carbonyl (C=O) groups excluding carboxylic acids is 1. The molecule has 0 aromatic rings. The van der Waals surface area contributed by atoms with Crippen LogP contribution in [0.25, 0.3) is 0 Å². The molecule has 0 saturated heterocycles. The first kappa shape index (κ1) is 18.1. The molecule has 4 aliphatic rings. The molecule has 0 radical (unpaired) electrons. The van der Waals surface area contributed by atoms with E-state index in [1.807, 2.05) is 6.92 Å². The highest BCUT2D eigenvalue weighted by molar-refractivity contribution is 5.75. The second-order valence-electron chi connectivity index (χ2n) is 10.0. The average Bonchev–Trinajstić information content (AvgIpc) is 2.75. The molecule has 0 aromatic heterocycles. The van der Waals surface area contributed by atoms with E-state index in [1.54, 1.807) is 0 Å². The van der Waals surface area contributed by atoms with Gasteiger partial charge in [0.05, 0.1) is 5.41 Å². The highest BCUT2D eigenvalue weighted by Crippen LogP contribution is 2.72. The van der Waals surface area contributed by atoms with E-state index in [-0.39, 0.29) is 28.8 Å². The molecule has 26 heavy (non-hydrogen) atoms. The number of fused-ring (bicyclic) bond motifs is 3. The fraction of sp³-hybridized carbons (Fsp3) is 0.818. The van der Waals surface area contributed by atoms with Crippen LogP contribution in [0.15, 0.2) is 12.2 Å². The summed E-state index contributed by atoms with van der Waals surface area (Å²) in [6.07, 6.45) is 7.86. The molecule has 4 nitrogen and oxygen atoms in total. The molecule has 4 fully saturated rings. The Morgan fingerprint density at radius 2 is 1.85 bits per heavy atom. The van der Waals surface area contributed by atoms with Crippen molar-refractivity contribution in [3.63, 3.8) is 0 Å². The lowest BCUT2D eigenvalue weighted by Crippen LogP contribution is -2.60. The lowest BCUT2D eigenvalue weighted by molar-refractivity contribution is -0.195. The zero-order valence-electron chi connectivity index (χ0n) is 16.3. The Hall–Kier alpha value is -1.32. The van der Waals surface area contributed by atoms with Crippen molar-refractivity contribution in [2.75, 3.05) is 0 Å². The van der Waals surface area contributed by atoms with Crippen LogP contribution >= 0.6 is 0 Å². The Kier molecular flexibility index (Phi) is 3.88. The molecule has 0 aliphatic heterocycles. The van der Waals surface area contributed by atoms with Crippen molar-refractivity contribution in [3.8, 4) is 0 Å². The second kappa shape index (κ2) is 5.59. The summed E-state index contributed by atoms with van der Waals surface area (Å²) in [6, 6.07) is 0. The van der Waals surface area contributed by atoms with Crippen LogP contribution in [0.2, 0.25) is 0 Å². The average molecular weight is 360 g/mol. The summed E-state index contributed by atoms with van der Waals surface area (Å²) in [5, 5.41) is 10.0. The minimum Gasteiger partial charge on any atom is -0.481 e. The Balaban J connectivity index is 1.77. The predicted molar refractivity (Wildman–Crippen MR) is 98.4 cm³/mol. The van der Waals surface area contributed by atoms with Crippen LogP contribution in [0, 0.1) is 34.0 Å². The predicted octanol–water partition coefficient (Wildman–Crippen LogP) is 4.58. The zero-order chi connectivity index (χ0) is 18.9. The van der Waals surface area contributed by atoms with Gasteiger partial charge >= 0.3 is 11.9 Å². The SMILES string of the molecule is C=C1[C@@H]2CC[C@H]3[C@@]4(C)CCC[C@@](C)(C(=O)O)[C@H]4CC[C@]3(C2)[C@H]1OC(C)=O. The lowest BCUT2D eigenvalue weighted by Gasteiger charge is -2.63. The van der Waals surface area contributed by atoms with Gasteiger partial charge in [-0.3, -0.25) is 9.59 Å².